The van der Waals surface area contributed by atoms with Gasteiger partial charge in [-0.15, -0.1) is 0 Å². The monoisotopic (exact) mass is 458 g/mol. The number of alkyl halides is 3. The van der Waals surface area contributed by atoms with Gasteiger partial charge in [0.2, 0.25) is 6.79 Å². The summed E-state index contributed by atoms with van der Waals surface area (Å²) in [4.78, 5) is 12.8. The summed E-state index contributed by atoms with van der Waals surface area (Å²) >= 11 is 0. The van der Waals surface area contributed by atoms with Gasteiger partial charge in [0.15, 0.2) is 17.5 Å². The second-order valence-electron chi connectivity index (χ2n) is 7.95. The van der Waals surface area contributed by atoms with Crippen molar-refractivity contribution in [3.05, 3.63) is 71.4 Å². The molecular formula is C23H21F3N4O3. The topological polar surface area (TPSA) is 77.4 Å². The Labute approximate surface area is 187 Å². The molecular weight excluding hydrogens is 437 g/mol. The Morgan fingerprint density at radius 3 is 2.73 bits per heavy atom. The van der Waals surface area contributed by atoms with Gasteiger partial charge in [-0.3, -0.25) is 4.79 Å². The SMILES string of the molecule is O=C(NCCc1ccccc1)c1cnn2c1N[C@H](c1ccc3c(c1)OCO3)C[C@@H]2C(F)(F)F. The molecule has 10 heteroatoms. The molecule has 0 saturated carbocycles. The lowest BCUT2D eigenvalue weighted by atomic mass is 9.96. The molecule has 0 spiro atoms. The molecule has 2 aliphatic heterocycles. The van der Waals surface area contributed by atoms with Crippen molar-refractivity contribution in [1.82, 2.24) is 15.1 Å². The van der Waals surface area contributed by atoms with Gasteiger partial charge in [0.1, 0.15) is 11.4 Å². The van der Waals surface area contributed by atoms with Crippen LogP contribution in [0.4, 0.5) is 19.0 Å². The van der Waals surface area contributed by atoms with E-state index in [0.717, 1.165) is 10.2 Å². The number of aromatic nitrogens is 2. The average molecular weight is 458 g/mol. The highest BCUT2D eigenvalue weighted by Crippen LogP contribution is 2.45. The number of nitrogens with zero attached hydrogens (tertiary/aromatic N) is 2. The van der Waals surface area contributed by atoms with E-state index in [1.165, 1.54) is 6.20 Å². The molecule has 172 valence electrons. The molecule has 5 rings (SSSR count). The van der Waals surface area contributed by atoms with E-state index in [4.69, 9.17) is 9.47 Å². The normalized spacial score (nSPS) is 19.0. The summed E-state index contributed by atoms with van der Waals surface area (Å²) in [6, 6.07) is 12.1. The molecule has 2 aliphatic rings. The van der Waals surface area contributed by atoms with Gasteiger partial charge in [0.05, 0.1) is 12.2 Å². The van der Waals surface area contributed by atoms with Gasteiger partial charge in [-0.25, -0.2) is 4.68 Å². The predicted molar refractivity (Wildman–Crippen MR) is 113 cm³/mol. The maximum absolute atomic E-state index is 13.9. The van der Waals surface area contributed by atoms with Crippen molar-refractivity contribution in [2.45, 2.75) is 31.1 Å². The van der Waals surface area contributed by atoms with Crippen LogP contribution in [-0.2, 0) is 6.42 Å². The van der Waals surface area contributed by atoms with Gasteiger partial charge in [0.25, 0.3) is 5.91 Å². The summed E-state index contributed by atoms with van der Waals surface area (Å²) in [5.41, 5.74) is 1.73. The van der Waals surface area contributed by atoms with Crippen molar-refractivity contribution in [1.29, 1.82) is 0 Å². The first kappa shape index (κ1) is 21.2. The third-order valence-electron chi connectivity index (χ3n) is 5.82. The van der Waals surface area contributed by atoms with Crippen LogP contribution in [0.2, 0.25) is 0 Å². The number of hydrogen-bond donors (Lipinski definition) is 2. The highest BCUT2D eigenvalue weighted by molar-refractivity contribution is 5.98. The fourth-order valence-corrected chi connectivity index (χ4v) is 4.14. The smallest absolute Gasteiger partial charge is 0.410 e. The molecule has 2 aromatic carbocycles. The third-order valence-corrected chi connectivity index (χ3v) is 5.82. The van der Waals surface area contributed by atoms with E-state index in [1.807, 2.05) is 30.3 Å². The Morgan fingerprint density at radius 1 is 1.15 bits per heavy atom. The highest BCUT2D eigenvalue weighted by atomic mass is 19.4. The van der Waals surface area contributed by atoms with Gasteiger partial charge >= 0.3 is 6.18 Å². The fourth-order valence-electron chi connectivity index (χ4n) is 4.14. The number of fused-ring (bicyclic) bond motifs is 2. The Bertz CT molecular complexity index is 1160. The van der Waals surface area contributed by atoms with Crippen molar-refractivity contribution in [3.8, 4) is 11.5 Å². The lowest BCUT2D eigenvalue weighted by Crippen LogP contribution is -2.36. The van der Waals surface area contributed by atoms with Gasteiger partial charge in [0, 0.05) is 13.0 Å². The first-order valence-corrected chi connectivity index (χ1v) is 10.5. The van der Waals surface area contributed by atoms with Crippen LogP contribution >= 0.6 is 0 Å². The number of halogens is 3. The zero-order valence-electron chi connectivity index (χ0n) is 17.4. The van der Waals surface area contributed by atoms with Gasteiger partial charge in [-0.05, 0) is 29.7 Å². The Morgan fingerprint density at radius 2 is 1.94 bits per heavy atom. The van der Waals surface area contributed by atoms with Crippen molar-refractivity contribution < 1.29 is 27.4 Å². The van der Waals surface area contributed by atoms with Gasteiger partial charge < -0.3 is 20.1 Å². The van der Waals surface area contributed by atoms with E-state index in [9.17, 15) is 18.0 Å². The van der Waals surface area contributed by atoms with Crippen molar-refractivity contribution in [2.75, 3.05) is 18.7 Å². The second kappa shape index (κ2) is 8.34. The minimum Gasteiger partial charge on any atom is -0.454 e. The molecule has 0 saturated heterocycles. The zero-order chi connectivity index (χ0) is 23.0. The Hall–Kier alpha value is -3.69. The minimum atomic E-state index is -4.53. The predicted octanol–water partition coefficient (Wildman–Crippen LogP) is 4.24. The van der Waals surface area contributed by atoms with E-state index in [1.54, 1.807) is 18.2 Å². The van der Waals surface area contributed by atoms with E-state index >= 15 is 0 Å². The molecule has 0 fully saturated rings. The third kappa shape index (κ3) is 4.20. The Balaban J connectivity index is 1.38. The molecule has 0 aliphatic carbocycles. The van der Waals surface area contributed by atoms with Crippen LogP contribution in [0.5, 0.6) is 11.5 Å². The number of carbonyl (C=O) groups is 1. The van der Waals surface area contributed by atoms with Crippen LogP contribution in [-0.4, -0.2) is 35.2 Å². The van der Waals surface area contributed by atoms with Crippen molar-refractivity contribution >= 4 is 11.7 Å². The maximum atomic E-state index is 13.9. The summed E-state index contributed by atoms with van der Waals surface area (Å²) in [5.74, 6) is 0.594. The van der Waals surface area contributed by atoms with Crippen LogP contribution in [0, 0.1) is 0 Å². The summed E-state index contributed by atoms with van der Waals surface area (Å²) in [7, 11) is 0. The number of anilines is 1. The fraction of sp³-hybridized carbons (Fsp3) is 0.304. The first-order valence-electron chi connectivity index (χ1n) is 10.5. The van der Waals surface area contributed by atoms with E-state index < -0.39 is 24.2 Å². The summed E-state index contributed by atoms with van der Waals surface area (Å²) in [6.45, 7) is 0.421. The first-order chi connectivity index (χ1) is 15.9. The number of ether oxygens (including phenoxy) is 2. The van der Waals surface area contributed by atoms with Crippen LogP contribution < -0.4 is 20.1 Å². The number of amides is 1. The van der Waals surface area contributed by atoms with Crippen LogP contribution in [0.3, 0.4) is 0 Å². The molecule has 3 heterocycles. The van der Waals surface area contributed by atoms with Crippen LogP contribution in [0.15, 0.2) is 54.7 Å². The quantitative estimate of drug-likeness (QED) is 0.598. The molecule has 0 bridgehead atoms. The minimum absolute atomic E-state index is 0.0449. The van der Waals surface area contributed by atoms with E-state index in [0.29, 0.717) is 30.0 Å². The number of hydrogen-bond acceptors (Lipinski definition) is 5. The molecule has 0 radical (unpaired) electrons. The Kier molecular flexibility index (Phi) is 5.35. The number of nitrogens with one attached hydrogen (secondary N) is 2. The standard InChI is InChI=1S/C23H21F3N4O3/c24-23(25,26)20-11-17(15-6-7-18-19(10-15)33-13-32-18)29-21-16(12-28-30(20)21)22(31)27-9-8-14-4-2-1-3-5-14/h1-7,10,12,17,20,29H,8-9,11,13H2,(H,27,31)/t17-,20+/m0/s1. The molecule has 1 aromatic heterocycles. The van der Waals surface area contributed by atoms with Crippen LogP contribution in [0.25, 0.3) is 0 Å². The molecule has 3 aromatic rings. The number of benzene rings is 2. The molecule has 2 N–H and O–H groups in total. The number of carbonyl (C=O) groups excluding carboxylic acids is 1. The lowest BCUT2D eigenvalue weighted by molar-refractivity contribution is -0.173. The van der Waals surface area contributed by atoms with Gasteiger partial charge in [-0.1, -0.05) is 36.4 Å². The van der Waals surface area contributed by atoms with E-state index in [-0.39, 0.29) is 24.6 Å². The van der Waals surface area contributed by atoms with Crippen molar-refractivity contribution in [2.24, 2.45) is 0 Å². The zero-order valence-corrected chi connectivity index (χ0v) is 17.4. The largest absolute Gasteiger partial charge is 0.454 e. The molecule has 7 nitrogen and oxygen atoms in total. The molecule has 2 atom stereocenters. The molecule has 1 amide bonds. The van der Waals surface area contributed by atoms with Crippen molar-refractivity contribution in [3.63, 3.8) is 0 Å². The average Bonchev–Trinajstić information content (AvgIpc) is 3.44. The van der Waals surface area contributed by atoms with E-state index in [2.05, 4.69) is 15.7 Å². The summed E-state index contributed by atoms with van der Waals surface area (Å²) in [5, 5.41) is 9.77. The van der Waals surface area contributed by atoms with Gasteiger partial charge in [-0.2, -0.15) is 18.3 Å². The molecule has 33 heavy (non-hydrogen) atoms. The highest BCUT2D eigenvalue weighted by Gasteiger charge is 2.47. The summed E-state index contributed by atoms with van der Waals surface area (Å²) in [6.07, 6.45) is -3.01. The lowest BCUT2D eigenvalue weighted by Gasteiger charge is -2.34. The number of rotatable bonds is 5. The van der Waals surface area contributed by atoms with Crippen LogP contribution in [0.1, 0.15) is 40.0 Å². The second-order valence-corrected chi connectivity index (χ2v) is 7.95. The maximum Gasteiger partial charge on any atom is 0.410 e. The summed E-state index contributed by atoms with van der Waals surface area (Å²) < 4.78 is 53.2. The molecule has 0 unspecified atom stereocenters.